The predicted octanol–water partition coefficient (Wildman–Crippen LogP) is -3.26. The molecule has 0 radical (unpaired) electrons. The average Bonchev–Trinajstić information content (AvgIpc) is 2.53. The van der Waals surface area contributed by atoms with E-state index in [1.807, 2.05) is 5.43 Å². The summed E-state index contributed by atoms with van der Waals surface area (Å²) < 4.78 is 0. The van der Waals surface area contributed by atoms with Gasteiger partial charge in [0.25, 0.3) is 5.91 Å². The Morgan fingerprint density at radius 3 is 1.95 bits per heavy atom. The number of amides is 1. The summed E-state index contributed by atoms with van der Waals surface area (Å²) in [6, 6.07) is 3.17. The van der Waals surface area contributed by atoms with Crippen LogP contribution in [0, 0.1) is 0 Å². The molecular weight excluding hydrogens is 270 g/mol. The van der Waals surface area contributed by atoms with E-state index in [2.05, 4.69) is 4.98 Å². The number of hydrogen-bond acceptors (Lipinski definition) is 8. The maximum atomic E-state index is 10.7. The molecule has 0 bridgehead atoms. The van der Waals surface area contributed by atoms with Crippen molar-refractivity contribution in [2.75, 3.05) is 13.2 Å². The van der Waals surface area contributed by atoms with Crippen molar-refractivity contribution in [3.8, 4) is 0 Å². The highest BCUT2D eigenvalue weighted by Gasteiger charge is 2.22. The van der Waals surface area contributed by atoms with Gasteiger partial charge in [-0.3, -0.25) is 15.2 Å². The molecule has 0 spiro atoms. The van der Waals surface area contributed by atoms with Crippen molar-refractivity contribution in [3.63, 3.8) is 0 Å². The van der Waals surface area contributed by atoms with Crippen LogP contribution in [0.15, 0.2) is 24.5 Å². The van der Waals surface area contributed by atoms with Crippen LogP contribution in [0.4, 0.5) is 0 Å². The van der Waals surface area contributed by atoms with Crippen LogP contribution in [0.3, 0.4) is 0 Å². The summed E-state index contributed by atoms with van der Waals surface area (Å²) in [7, 11) is 0. The number of rotatable bonds is 5. The molecule has 0 saturated carbocycles. The van der Waals surface area contributed by atoms with E-state index in [-0.39, 0.29) is 5.91 Å². The van der Waals surface area contributed by atoms with Crippen LogP contribution in [-0.4, -0.2) is 67.9 Å². The van der Waals surface area contributed by atoms with Crippen LogP contribution in [0.25, 0.3) is 0 Å². The van der Waals surface area contributed by atoms with E-state index in [4.69, 9.17) is 31.4 Å². The maximum Gasteiger partial charge on any atom is 0.265 e. The SMILES string of the molecule is NNC(=O)c1ccncc1.OC[C@@H](O)[C@H](O)[C@@H](O)CO. The Morgan fingerprint density at radius 2 is 1.60 bits per heavy atom. The van der Waals surface area contributed by atoms with Gasteiger partial charge in [0.05, 0.1) is 13.2 Å². The highest BCUT2D eigenvalue weighted by molar-refractivity contribution is 5.93. The minimum absolute atomic E-state index is 0.303. The van der Waals surface area contributed by atoms with Crippen molar-refractivity contribution in [1.82, 2.24) is 10.4 Å². The molecule has 1 heterocycles. The van der Waals surface area contributed by atoms with Crippen molar-refractivity contribution in [2.45, 2.75) is 18.3 Å². The lowest BCUT2D eigenvalue weighted by molar-refractivity contribution is -0.0900. The molecule has 1 aromatic rings. The molecule has 0 unspecified atom stereocenters. The van der Waals surface area contributed by atoms with Gasteiger partial charge in [0.15, 0.2) is 0 Å². The van der Waals surface area contributed by atoms with E-state index >= 15 is 0 Å². The molecule has 0 aliphatic heterocycles. The fourth-order valence-corrected chi connectivity index (χ4v) is 1.06. The second kappa shape index (κ2) is 10.2. The molecule has 0 fully saturated rings. The minimum atomic E-state index is -1.49. The third-order valence-electron chi connectivity index (χ3n) is 2.24. The lowest BCUT2D eigenvalue weighted by Gasteiger charge is -2.19. The van der Waals surface area contributed by atoms with Crippen molar-refractivity contribution in [2.24, 2.45) is 5.84 Å². The van der Waals surface area contributed by atoms with Gasteiger partial charge >= 0.3 is 0 Å². The van der Waals surface area contributed by atoms with Gasteiger partial charge in [0.1, 0.15) is 18.3 Å². The Hall–Kier alpha value is -1.62. The zero-order valence-corrected chi connectivity index (χ0v) is 10.6. The molecule has 114 valence electrons. The molecule has 0 aliphatic carbocycles. The van der Waals surface area contributed by atoms with Crippen LogP contribution in [0.5, 0.6) is 0 Å². The Bertz CT molecular complexity index is 368. The average molecular weight is 289 g/mol. The zero-order valence-electron chi connectivity index (χ0n) is 10.6. The summed E-state index contributed by atoms with van der Waals surface area (Å²) in [4.78, 5) is 14.5. The Kier molecular flexibility index (Phi) is 9.38. The van der Waals surface area contributed by atoms with E-state index in [0.717, 1.165) is 0 Å². The number of carbonyl (C=O) groups is 1. The summed E-state index contributed by atoms with van der Waals surface area (Å²) in [5, 5.41) is 42.6. The van der Waals surface area contributed by atoms with Gasteiger partial charge in [-0.15, -0.1) is 0 Å². The fourth-order valence-electron chi connectivity index (χ4n) is 1.06. The van der Waals surface area contributed by atoms with Crippen molar-refractivity contribution >= 4 is 5.91 Å². The normalized spacial score (nSPS) is 14.5. The lowest BCUT2D eigenvalue weighted by Crippen LogP contribution is -2.41. The molecular formula is C11H19N3O6. The number of aliphatic hydroxyl groups is 5. The molecule has 9 heteroatoms. The first-order valence-corrected chi connectivity index (χ1v) is 5.64. The molecule has 0 saturated heterocycles. The van der Waals surface area contributed by atoms with E-state index in [1.165, 1.54) is 12.4 Å². The van der Waals surface area contributed by atoms with Gasteiger partial charge in [0, 0.05) is 18.0 Å². The maximum absolute atomic E-state index is 10.7. The zero-order chi connectivity index (χ0) is 15.5. The van der Waals surface area contributed by atoms with Gasteiger partial charge in [-0.2, -0.15) is 0 Å². The number of nitrogen functional groups attached to an aromatic ring is 1. The molecule has 0 aliphatic rings. The molecule has 3 atom stereocenters. The lowest BCUT2D eigenvalue weighted by atomic mass is 10.1. The second-order valence-corrected chi connectivity index (χ2v) is 3.70. The first kappa shape index (κ1) is 18.4. The summed E-state index contributed by atoms with van der Waals surface area (Å²) >= 11 is 0. The summed E-state index contributed by atoms with van der Waals surface area (Å²) in [5.74, 6) is 4.58. The largest absolute Gasteiger partial charge is 0.394 e. The van der Waals surface area contributed by atoms with Crippen LogP contribution >= 0.6 is 0 Å². The summed E-state index contributed by atoms with van der Waals surface area (Å²) in [6.45, 7) is -1.28. The molecule has 0 aromatic carbocycles. The van der Waals surface area contributed by atoms with E-state index < -0.39 is 31.5 Å². The number of nitrogens with zero attached hydrogens (tertiary/aromatic N) is 1. The fraction of sp³-hybridized carbons (Fsp3) is 0.455. The first-order valence-electron chi connectivity index (χ1n) is 5.64. The topological polar surface area (TPSA) is 169 Å². The van der Waals surface area contributed by atoms with Crippen molar-refractivity contribution < 1.29 is 30.3 Å². The smallest absolute Gasteiger partial charge is 0.265 e. The van der Waals surface area contributed by atoms with E-state index in [0.29, 0.717) is 5.56 Å². The highest BCUT2D eigenvalue weighted by atomic mass is 16.4. The van der Waals surface area contributed by atoms with Crippen molar-refractivity contribution in [3.05, 3.63) is 30.1 Å². The van der Waals surface area contributed by atoms with E-state index in [1.54, 1.807) is 12.1 Å². The standard InChI is InChI=1S/C6H7N3O.C5H12O5/c7-9-6(10)5-1-3-8-4-2-5;6-1-3(8)5(10)4(9)2-7/h1-4H,7H2,(H,9,10);3-10H,1-2H2/t;3-,4+,5+. The predicted molar refractivity (Wildman–Crippen MR) is 68.1 cm³/mol. The van der Waals surface area contributed by atoms with Gasteiger partial charge in [-0.25, -0.2) is 5.84 Å². The Balaban J connectivity index is 0.000000361. The highest BCUT2D eigenvalue weighted by Crippen LogP contribution is 1.98. The number of nitrogens with two attached hydrogens (primary N) is 1. The molecule has 8 N–H and O–H groups in total. The Morgan fingerprint density at radius 1 is 1.15 bits per heavy atom. The number of carbonyl (C=O) groups excluding carboxylic acids is 1. The molecule has 20 heavy (non-hydrogen) atoms. The molecule has 1 amide bonds. The van der Waals surface area contributed by atoms with Gasteiger partial charge < -0.3 is 25.5 Å². The molecule has 9 nitrogen and oxygen atoms in total. The van der Waals surface area contributed by atoms with Gasteiger partial charge in [0.2, 0.25) is 0 Å². The van der Waals surface area contributed by atoms with Gasteiger partial charge in [-0.05, 0) is 12.1 Å². The number of aliphatic hydroxyl groups excluding tert-OH is 5. The summed E-state index contributed by atoms with van der Waals surface area (Å²) in [5.41, 5.74) is 2.53. The number of nitrogens with one attached hydrogen (secondary N) is 1. The minimum Gasteiger partial charge on any atom is -0.394 e. The first-order chi connectivity index (χ1) is 9.47. The second-order valence-electron chi connectivity index (χ2n) is 3.70. The third kappa shape index (κ3) is 6.52. The van der Waals surface area contributed by atoms with Crippen LogP contribution in [0.1, 0.15) is 10.4 Å². The molecule has 1 aromatic heterocycles. The number of aromatic nitrogens is 1. The van der Waals surface area contributed by atoms with Crippen molar-refractivity contribution in [1.29, 1.82) is 0 Å². The van der Waals surface area contributed by atoms with Crippen LogP contribution < -0.4 is 11.3 Å². The van der Waals surface area contributed by atoms with E-state index in [9.17, 15) is 4.79 Å². The van der Waals surface area contributed by atoms with Crippen LogP contribution in [0.2, 0.25) is 0 Å². The number of hydrazine groups is 1. The summed E-state index contributed by atoms with van der Waals surface area (Å²) in [6.07, 6.45) is -1.23. The Labute approximate surface area is 115 Å². The number of hydrogen-bond donors (Lipinski definition) is 7. The molecule has 1 rings (SSSR count). The quantitative estimate of drug-likeness (QED) is 0.168. The third-order valence-corrected chi connectivity index (χ3v) is 2.24. The monoisotopic (exact) mass is 289 g/mol. The number of pyridine rings is 1. The van der Waals surface area contributed by atoms with Crippen LogP contribution in [-0.2, 0) is 0 Å². The van der Waals surface area contributed by atoms with Gasteiger partial charge in [-0.1, -0.05) is 0 Å².